The predicted octanol–water partition coefficient (Wildman–Crippen LogP) is 1.63. The monoisotopic (exact) mass is 337 g/mol. The van der Waals surface area contributed by atoms with Gasteiger partial charge >= 0.3 is 6.03 Å². The second-order valence-electron chi connectivity index (χ2n) is 5.18. The number of rotatable bonds is 4. The van der Waals surface area contributed by atoms with E-state index in [1.54, 1.807) is 29.1 Å². The molecule has 9 heteroatoms. The van der Waals surface area contributed by atoms with Crippen LogP contribution in [0.15, 0.2) is 18.5 Å². The van der Waals surface area contributed by atoms with E-state index < -0.39 is 0 Å². The molecule has 1 saturated heterocycles. The quantitative estimate of drug-likeness (QED) is 0.917. The third kappa shape index (κ3) is 3.69. The Bertz CT molecular complexity index is 671. The summed E-state index contributed by atoms with van der Waals surface area (Å²) >= 11 is 1.41. The average molecular weight is 337 g/mol. The first-order chi connectivity index (χ1) is 11.2. The van der Waals surface area contributed by atoms with Crippen LogP contribution >= 0.6 is 11.3 Å². The minimum absolute atomic E-state index is 0.164. The lowest BCUT2D eigenvalue weighted by atomic mass is 10.2. The zero-order valence-electron chi connectivity index (χ0n) is 13.1. The fraction of sp³-hybridized carbons (Fsp3) is 0.500. The molecule has 2 amide bonds. The lowest BCUT2D eigenvalue weighted by molar-refractivity contribution is -0.0175. The first-order valence-corrected chi connectivity index (χ1v) is 8.08. The van der Waals surface area contributed by atoms with Crippen molar-refractivity contribution in [2.45, 2.75) is 12.7 Å². The number of morpholine rings is 1. The second-order valence-corrected chi connectivity index (χ2v) is 6.30. The van der Waals surface area contributed by atoms with Crippen molar-refractivity contribution in [3.05, 3.63) is 29.0 Å². The van der Waals surface area contributed by atoms with Crippen LogP contribution in [0.2, 0.25) is 0 Å². The molecular weight excluding hydrogens is 318 g/mol. The van der Waals surface area contributed by atoms with Crippen LogP contribution in [0, 0.1) is 0 Å². The number of urea groups is 1. The molecule has 0 bridgehead atoms. The minimum atomic E-state index is -0.168. The summed E-state index contributed by atoms with van der Waals surface area (Å²) in [5, 5.41) is 7.55. The van der Waals surface area contributed by atoms with Crippen molar-refractivity contribution in [3.63, 3.8) is 0 Å². The lowest BCUT2D eigenvalue weighted by Crippen LogP contribution is -2.44. The van der Waals surface area contributed by atoms with Crippen LogP contribution in [0.25, 0.3) is 0 Å². The van der Waals surface area contributed by atoms with Gasteiger partial charge in [0.1, 0.15) is 6.10 Å². The number of amides is 2. The van der Waals surface area contributed by atoms with Gasteiger partial charge in [-0.05, 0) is 6.07 Å². The van der Waals surface area contributed by atoms with Crippen LogP contribution < -0.4 is 5.32 Å². The number of nitrogens with zero attached hydrogens (tertiary/aromatic N) is 4. The van der Waals surface area contributed by atoms with Gasteiger partial charge < -0.3 is 14.4 Å². The van der Waals surface area contributed by atoms with Crippen LogP contribution in [0.4, 0.5) is 9.93 Å². The molecule has 1 unspecified atom stereocenters. The Hall–Kier alpha value is -1.97. The minimum Gasteiger partial charge on any atom is -0.379 e. The highest BCUT2D eigenvalue weighted by atomic mass is 32.1. The van der Waals surface area contributed by atoms with Crippen molar-refractivity contribution in [3.8, 4) is 0 Å². The number of aromatic nitrogens is 3. The molecular formula is C14H19N5O3S. The zero-order valence-corrected chi connectivity index (χ0v) is 13.9. The fourth-order valence-electron chi connectivity index (χ4n) is 2.46. The third-order valence-corrected chi connectivity index (χ3v) is 4.48. The van der Waals surface area contributed by atoms with Gasteiger partial charge in [0.25, 0.3) is 0 Å². The summed E-state index contributed by atoms with van der Waals surface area (Å²) in [5.41, 5.74) is 0.958. The largest absolute Gasteiger partial charge is 0.379 e. The van der Waals surface area contributed by atoms with Gasteiger partial charge in [-0.15, -0.1) is 0 Å². The number of ether oxygens (including phenoxy) is 2. The van der Waals surface area contributed by atoms with Gasteiger partial charge in [-0.3, -0.25) is 10.00 Å². The van der Waals surface area contributed by atoms with Gasteiger partial charge in [0, 0.05) is 33.1 Å². The molecule has 2 aromatic heterocycles. The Balaban J connectivity index is 1.61. The maximum Gasteiger partial charge on any atom is 0.323 e. The maximum absolute atomic E-state index is 12.4. The summed E-state index contributed by atoms with van der Waals surface area (Å²) in [6.45, 7) is 2.03. The topological polar surface area (TPSA) is 81.5 Å². The van der Waals surface area contributed by atoms with Crippen molar-refractivity contribution >= 4 is 22.5 Å². The molecule has 2 aromatic rings. The molecule has 124 valence electrons. The zero-order chi connectivity index (χ0) is 16.2. The summed E-state index contributed by atoms with van der Waals surface area (Å²) in [4.78, 5) is 19.3. The number of carbonyl (C=O) groups excluding carboxylic acids is 1. The van der Waals surface area contributed by atoms with Crippen molar-refractivity contribution < 1.29 is 14.3 Å². The van der Waals surface area contributed by atoms with Crippen LogP contribution in [0.1, 0.15) is 16.7 Å². The van der Waals surface area contributed by atoms with Crippen LogP contribution in [-0.4, -0.2) is 52.5 Å². The van der Waals surface area contributed by atoms with Crippen LogP contribution in [0.3, 0.4) is 0 Å². The molecule has 1 aliphatic heterocycles. The molecule has 0 aliphatic carbocycles. The van der Waals surface area contributed by atoms with Gasteiger partial charge in [0.15, 0.2) is 5.13 Å². The number of hydrogen-bond donors (Lipinski definition) is 1. The summed E-state index contributed by atoms with van der Waals surface area (Å²) < 4.78 is 12.6. The number of carbonyl (C=O) groups is 1. The Morgan fingerprint density at radius 2 is 2.48 bits per heavy atom. The highest BCUT2D eigenvalue weighted by Crippen LogP contribution is 2.23. The molecule has 3 rings (SSSR count). The normalized spacial score (nSPS) is 18.2. The Morgan fingerprint density at radius 3 is 3.22 bits per heavy atom. The van der Waals surface area contributed by atoms with Gasteiger partial charge in [-0.1, -0.05) is 11.3 Å². The summed E-state index contributed by atoms with van der Waals surface area (Å²) in [5.74, 6) is 0. The van der Waals surface area contributed by atoms with E-state index in [2.05, 4.69) is 15.4 Å². The molecule has 0 saturated carbocycles. The van der Waals surface area contributed by atoms with Gasteiger partial charge in [0.2, 0.25) is 0 Å². The number of nitrogens with one attached hydrogen (secondary N) is 1. The number of methoxy groups -OCH3 is 1. The molecule has 1 aliphatic rings. The first-order valence-electron chi connectivity index (χ1n) is 7.26. The second kappa shape index (κ2) is 7.07. The molecule has 1 fully saturated rings. The van der Waals surface area contributed by atoms with Crippen molar-refractivity contribution in [1.82, 2.24) is 19.7 Å². The fourth-order valence-corrected chi connectivity index (χ4v) is 3.23. The standard InChI is InChI=1S/C14H19N5O3S/c1-18-11(3-4-16-18)12-8-19(5-6-22-12)14(20)17-13-15-7-10(23-13)9-21-2/h3-4,7,12H,5-6,8-9H2,1-2H3,(H,15,17,20). The van der Waals surface area contributed by atoms with Gasteiger partial charge in [-0.2, -0.15) is 5.10 Å². The van der Waals surface area contributed by atoms with E-state index >= 15 is 0 Å². The summed E-state index contributed by atoms with van der Waals surface area (Å²) in [7, 11) is 3.49. The van der Waals surface area contributed by atoms with E-state index in [0.717, 1.165) is 10.6 Å². The SMILES string of the molecule is COCc1cnc(NC(=O)N2CCOC(c3ccnn3C)C2)s1. The van der Waals surface area contributed by atoms with E-state index in [9.17, 15) is 4.79 Å². The first kappa shape index (κ1) is 15.9. The number of anilines is 1. The molecule has 1 atom stereocenters. The smallest absolute Gasteiger partial charge is 0.323 e. The molecule has 1 N–H and O–H groups in total. The van der Waals surface area contributed by atoms with E-state index in [0.29, 0.717) is 31.4 Å². The van der Waals surface area contributed by atoms with Crippen LogP contribution in [-0.2, 0) is 23.1 Å². The predicted molar refractivity (Wildman–Crippen MR) is 85.3 cm³/mol. The van der Waals surface area contributed by atoms with E-state index in [-0.39, 0.29) is 12.1 Å². The third-order valence-electron chi connectivity index (χ3n) is 3.60. The van der Waals surface area contributed by atoms with E-state index in [1.807, 2.05) is 13.1 Å². The molecule has 0 spiro atoms. The van der Waals surface area contributed by atoms with Crippen molar-refractivity contribution in [1.29, 1.82) is 0 Å². The Kier molecular flexibility index (Phi) is 4.89. The maximum atomic E-state index is 12.4. The highest BCUT2D eigenvalue weighted by molar-refractivity contribution is 7.15. The number of thiazole rings is 1. The number of hydrogen-bond acceptors (Lipinski definition) is 6. The van der Waals surface area contributed by atoms with Gasteiger partial charge in [-0.25, -0.2) is 9.78 Å². The van der Waals surface area contributed by atoms with Crippen LogP contribution in [0.5, 0.6) is 0 Å². The van der Waals surface area contributed by atoms with E-state index in [1.165, 1.54) is 11.3 Å². The Morgan fingerprint density at radius 1 is 1.61 bits per heavy atom. The van der Waals surface area contributed by atoms with E-state index in [4.69, 9.17) is 9.47 Å². The molecule has 0 aromatic carbocycles. The molecule has 3 heterocycles. The Labute approximate surface area is 138 Å². The number of aryl methyl sites for hydroxylation is 1. The molecule has 23 heavy (non-hydrogen) atoms. The van der Waals surface area contributed by atoms with Crippen molar-refractivity contribution in [2.24, 2.45) is 7.05 Å². The van der Waals surface area contributed by atoms with Gasteiger partial charge in [0.05, 0.1) is 30.3 Å². The average Bonchev–Trinajstić information content (AvgIpc) is 3.17. The lowest BCUT2D eigenvalue weighted by Gasteiger charge is -2.32. The summed E-state index contributed by atoms with van der Waals surface area (Å²) in [6, 6.07) is 1.74. The molecule has 8 nitrogen and oxygen atoms in total. The highest BCUT2D eigenvalue weighted by Gasteiger charge is 2.27. The summed E-state index contributed by atoms with van der Waals surface area (Å²) in [6.07, 6.45) is 3.27. The van der Waals surface area contributed by atoms with Crippen molar-refractivity contribution in [2.75, 3.05) is 32.1 Å². The molecule has 0 radical (unpaired) electrons.